The number of benzene rings is 1. The van der Waals surface area contributed by atoms with E-state index in [1.807, 2.05) is 0 Å². The summed E-state index contributed by atoms with van der Waals surface area (Å²) in [6.45, 7) is 3.83. The Hall–Kier alpha value is -1.55. The summed E-state index contributed by atoms with van der Waals surface area (Å²) in [5, 5.41) is 12.7. The summed E-state index contributed by atoms with van der Waals surface area (Å²) in [5.74, 6) is 0.106. The molecule has 19 heavy (non-hydrogen) atoms. The first-order valence-electron chi connectivity index (χ1n) is 6.98. The second kappa shape index (κ2) is 4.85. The summed E-state index contributed by atoms with van der Waals surface area (Å²) in [6, 6.07) is 6.09. The van der Waals surface area contributed by atoms with Crippen molar-refractivity contribution in [2.75, 3.05) is 13.1 Å². The summed E-state index contributed by atoms with van der Waals surface area (Å²) in [5.41, 5.74) is 1.22. The third-order valence-electron chi connectivity index (χ3n) is 4.17. The Morgan fingerprint density at radius 2 is 2.16 bits per heavy atom. The number of rotatable bonds is 3. The third kappa shape index (κ3) is 2.59. The molecular weight excluding hydrogens is 240 g/mol. The summed E-state index contributed by atoms with van der Waals surface area (Å²) in [6.07, 6.45) is 3.65. The number of likely N-dealkylation sites (tertiary alicyclic amines) is 1. The van der Waals surface area contributed by atoms with Gasteiger partial charge in [0.25, 0.3) is 5.91 Å². The van der Waals surface area contributed by atoms with Crippen LogP contribution in [0, 0.1) is 6.92 Å². The van der Waals surface area contributed by atoms with Crippen molar-refractivity contribution in [3.8, 4) is 5.75 Å². The molecular formula is C15H20N2O2. The maximum atomic E-state index is 12.2. The number of nitrogens with one attached hydrogen (secondary N) is 1. The highest BCUT2D eigenvalue weighted by Crippen LogP contribution is 2.30. The van der Waals surface area contributed by atoms with Crippen molar-refractivity contribution >= 4 is 5.91 Å². The van der Waals surface area contributed by atoms with Crippen LogP contribution in [0.2, 0.25) is 0 Å². The van der Waals surface area contributed by atoms with Crippen molar-refractivity contribution in [2.45, 2.75) is 38.3 Å². The molecule has 1 aromatic rings. The molecule has 1 saturated heterocycles. The average molecular weight is 260 g/mol. The predicted octanol–water partition coefficient (Wildman–Crippen LogP) is 1.67. The van der Waals surface area contributed by atoms with Crippen molar-refractivity contribution in [2.24, 2.45) is 0 Å². The van der Waals surface area contributed by atoms with Crippen LogP contribution in [-0.4, -0.2) is 41.1 Å². The highest BCUT2D eigenvalue weighted by Gasteiger charge is 2.34. The van der Waals surface area contributed by atoms with Crippen LogP contribution in [0.1, 0.15) is 35.2 Å². The zero-order valence-electron chi connectivity index (χ0n) is 11.2. The fourth-order valence-electron chi connectivity index (χ4n) is 2.81. The lowest BCUT2D eigenvalue weighted by Crippen LogP contribution is -2.37. The Balaban J connectivity index is 1.63. The van der Waals surface area contributed by atoms with Gasteiger partial charge in [0.1, 0.15) is 5.75 Å². The average Bonchev–Trinajstić information content (AvgIpc) is 3.14. The topological polar surface area (TPSA) is 52.6 Å². The second-order valence-corrected chi connectivity index (χ2v) is 5.63. The number of hydrogen-bond donors (Lipinski definition) is 2. The molecule has 2 aliphatic rings. The first-order valence-corrected chi connectivity index (χ1v) is 6.98. The fourth-order valence-corrected chi connectivity index (χ4v) is 2.81. The van der Waals surface area contributed by atoms with E-state index in [-0.39, 0.29) is 17.7 Å². The van der Waals surface area contributed by atoms with Gasteiger partial charge < -0.3 is 10.4 Å². The summed E-state index contributed by atoms with van der Waals surface area (Å²) < 4.78 is 0. The van der Waals surface area contributed by atoms with E-state index >= 15 is 0 Å². The number of hydrogen-bond acceptors (Lipinski definition) is 3. The van der Waals surface area contributed by atoms with Crippen LogP contribution in [0.25, 0.3) is 0 Å². The van der Waals surface area contributed by atoms with Crippen LogP contribution in [0.4, 0.5) is 0 Å². The monoisotopic (exact) mass is 260 g/mol. The van der Waals surface area contributed by atoms with Crippen LogP contribution in [-0.2, 0) is 0 Å². The molecule has 1 aliphatic carbocycles. The maximum Gasteiger partial charge on any atom is 0.251 e. The Labute approximate surface area is 113 Å². The number of amides is 1. The molecule has 0 aromatic heterocycles. The molecule has 1 aromatic carbocycles. The van der Waals surface area contributed by atoms with Gasteiger partial charge in [0.2, 0.25) is 0 Å². The molecule has 3 rings (SSSR count). The lowest BCUT2D eigenvalue weighted by molar-refractivity contribution is 0.0936. The van der Waals surface area contributed by atoms with Crippen molar-refractivity contribution < 1.29 is 9.90 Å². The van der Waals surface area contributed by atoms with E-state index in [1.54, 1.807) is 25.1 Å². The molecule has 1 unspecified atom stereocenters. The summed E-state index contributed by atoms with van der Waals surface area (Å²) in [4.78, 5) is 14.7. The van der Waals surface area contributed by atoms with Gasteiger partial charge in [-0.1, -0.05) is 6.07 Å². The van der Waals surface area contributed by atoms with E-state index in [9.17, 15) is 9.90 Å². The zero-order valence-corrected chi connectivity index (χ0v) is 11.2. The lowest BCUT2D eigenvalue weighted by Gasteiger charge is -2.16. The molecule has 2 N–H and O–H groups in total. The van der Waals surface area contributed by atoms with Crippen LogP contribution in [0.5, 0.6) is 5.75 Å². The van der Waals surface area contributed by atoms with Gasteiger partial charge in [-0.15, -0.1) is 0 Å². The molecule has 0 radical (unpaired) electrons. The number of nitrogens with zero attached hydrogens (tertiary/aromatic N) is 1. The Morgan fingerprint density at radius 3 is 2.89 bits per heavy atom. The minimum atomic E-state index is -0.0731. The normalized spacial score (nSPS) is 23.5. The van der Waals surface area contributed by atoms with Crippen LogP contribution in [0.3, 0.4) is 0 Å². The van der Waals surface area contributed by atoms with Crippen LogP contribution < -0.4 is 5.32 Å². The molecule has 2 fully saturated rings. The van der Waals surface area contributed by atoms with Gasteiger partial charge in [-0.3, -0.25) is 9.69 Å². The fraction of sp³-hybridized carbons (Fsp3) is 0.533. The van der Waals surface area contributed by atoms with Crippen molar-refractivity contribution in [1.29, 1.82) is 0 Å². The maximum absolute atomic E-state index is 12.2. The van der Waals surface area contributed by atoms with Gasteiger partial charge in [-0.05, 0) is 38.3 Å². The van der Waals surface area contributed by atoms with Gasteiger partial charge in [-0.25, -0.2) is 0 Å². The molecule has 4 heteroatoms. The van der Waals surface area contributed by atoms with Crippen LogP contribution >= 0.6 is 0 Å². The number of carbonyl (C=O) groups is 1. The van der Waals surface area contributed by atoms with Crippen molar-refractivity contribution in [3.63, 3.8) is 0 Å². The molecule has 0 spiro atoms. The largest absolute Gasteiger partial charge is 0.508 e. The molecule has 4 nitrogen and oxygen atoms in total. The molecule has 0 bridgehead atoms. The summed E-state index contributed by atoms with van der Waals surface area (Å²) >= 11 is 0. The first kappa shape index (κ1) is 12.5. The number of carbonyl (C=O) groups excluding carboxylic acids is 1. The molecule has 1 saturated carbocycles. The standard InChI is InChI=1S/C15H20N2O2/c1-10-13(3-2-4-14(10)18)15(19)16-11-7-8-17(9-11)12-5-6-12/h2-4,11-12,18H,5-9H2,1H3,(H,16,19). The summed E-state index contributed by atoms with van der Waals surface area (Å²) in [7, 11) is 0. The lowest BCUT2D eigenvalue weighted by atomic mass is 10.1. The van der Waals surface area contributed by atoms with Gasteiger partial charge in [0, 0.05) is 36.3 Å². The van der Waals surface area contributed by atoms with E-state index in [2.05, 4.69) is 10.2 Å². The van der Waals surface area contributed by atoms with E-state index < -0.39 is 0 Å². The second-order valence-electron chi connectivity index (χ2n) is 5.63. The van der Waals surface area contributed by atoms with Gasteiger partial charge in [0.15, 0.2) is 0 Å². The first-order chi connectivity index (χ1) is 9.15. The molecule has 1 amide bonds. The SMILES string of the molecule is Cc1c(O)cccc1C(=O)NC1CCN(C2CC2)C1. The van der Waals surface area contributed by atoms with Gasteiger partial charge >= 0.3 is 0 Å². The molecule has 1 atom stereocenters. The number of aromatic hydroxyl groups is 1. The van der Waals surface area contributed by atoms with E-state index in [4.69, 9.17) is 0 Å². The Morgan fingerprint density at radius 1 is 1.37 bits per heavy atom. The van der Waals surface area contributed by atoms with Crippen molar-refractivity contribution in [1.82, 2.24) is 10.2 Å². The number of phenolic OH excluding ortho intramolecular Hbond substituents is 1. The minimum absolute atomic E-state index is 0.0731. The van der Waals surface area contributed by atoms with Crippen molar-refractivity contribution in [3.05, 3.63) is 29.3 Å². The van der Waals surface area contributed by atoms with E-state index in [0.717, 1.165) is 25.6 Å². The predicted molar refractivity (Wildman–Crippen MR) is 73.3 cm³/mol. The molecule has 1 heterocycles. The molecule has 1 aliphatic heterocycles. The van der Waals surface area contributed by atoms with Gasteiger partial charge in [-0.2, -0.15) is 0 Å². The smallest absolute Gasteiger partial charge is 0.251 e. The van der Waals surface area contributed by atoms with Gasteiger partial charge in [0.05, 0.1) is 0 Å². The highest BCUT2D eigenvalue weighted by atomic mass is 16.3. The quantitative estimate of drug-likeness (QED) is 0.869. The third-order valence-corrected chi connectivity index (χ3v) is 4.17. The van der Waals surface area contributed by atoms with E-state index in [0.29, 0.717) is 11.1 Å². The molecule has 102 valence electrons. The van der Waals surface area contributed by atoms with E-state index in [1.165, 1.54) is 12.8 Å². The minimum Gasteiger partial charge on any atom is -0.508 e. The highest BCUT2D eigenvalue weighted by molar-refractivity contribution is 5.96. The zero-order chi connectivity index (χ0) is 13.4. The Bertz CT molecular complexity index is 497. The Kier molecular flexibility index (Phi) is 3.19. The van der Waals surface area contributed by atoms with Crippen LogP contribution in [0.15, 0.2) is 18.2 Å². The number of phenols is 1.